The zero-order valence-corrected chi connectivity index (χ0v) is 21.3. The monoisotopic (exact) mass is 505 g/mol. The van der Waals surface area contributed by atoms with Gasteiger partial charge in [-0.05, 0) is 45.1 Å². The predicted octanol–water partition coefficient (Wildman–Crippen LogP) is 5.22. The Labute approximate surface area is 209 Å². The molecule has 3 aromatic heterocycles. The maximum atomic E-state index is 14.3. The van der Waals surface area contributed by atoms with Gasteiger partial charge in [0, 0.05) is 51.3 Å². The molecular weight excluding hydrogens is 471 g/mol. The Bertz CT molecular complexity index is 1170. The van der Waals surface area contributed by atoms with Gasteiger partial charge < -0.3 is 15.5 Å². The van der Waals surface area contributed by atoms with Crippen molar-refractivity contribution in [1.82, 2.24) is 24.5 Å². The highest BCUT2D eigenvalue weighted by Gasteiger charge is 2.27. The number of rotatable bonds is 7. The normalized spacial score (nSPS) is 18.5. The molecule has 196 valence electrons. The first kappa shape index (κ1) is 27.3. The zero-order chi connectivity index (χ0) is 26.2. The van der Waals surface area contributed by atoms with Crippen LogP contribution in [0, 0.1) is 12.8 Å². The molecule has 1 aliphatic heterocycles. The molecule has 3 aromatic rings. The van der Waals surface area contributed by atoms with Crippen molar-refractivity contribution in [2.75, 3.05) is 51.4 Å². The van der Waals surface area contributed by atoms with Crippen LogP contribution in [0.5, 0.6) is 0 Å². The molecular formula is C24H34F3N9. The van der Waals surface area contributed by atoms with Crippen molar-refractivity contribution in [2.24, 2.45) is 16.1 Å². The van der Waals surface area contributed by atoms with E-state index in [0.29, 0.717) is 24.9 Å². The number of halogens is 3. The molecule has 1 unspecified atom stereocenters. The molecule has 1 aliphatic rings. The van der Waals surface area contributed by atoms with Gasteiger partial charge in [0.05, 0.1) is 11.4 Å². The van der Waals surface area contributed by atoms with Crippen molar-refractivity contribution in [3.8, 4) is 11.3 Å². The average Bonchev–Trinajstić information content (AvgIpc) is 3.29. The largest absolute Gasteiger partial charge is 0.371 e. The fourth-order valence-corrected chi connectivity index (χ4v) is 3.96. The first-order chi connectivity index (χ1) is 17.3. The van der Waals surface area contributed by atoms with Crippen molar-refractivity contribution in [2.45, 2.75) is 39.3 Å². The molecule has 2 atom stereocenters. The second-order valence-electron chi connectivity index (χ2n) is 8.66. The molecule has 2 N–H and O–H groups in total. The molecule has 4 rings (SSSR count). The standard InChI is InChI=1S/C21H28FN9.C3H6F2/c1-13-17(28-24-3)5-6-18(26-13)15-8-10-31-19(15)20(23-2)27-21(29-31)25-11-14-7-9-30(4)12-16(14)22;1-2-3(4)5/h5-6,8,10,14,16H,7,9,11-12H2,1-4H3,(H2,23,25,27,29);3H,2H2,1H3/t14?,16-;/m0./s1. The zero-order valence-electron chi connectivity index (χ0n) is 21.3. The number of pyridine rings is 1. The van der Waals surface area contributed by atoms with E-state index in [1.807, 2.05) is 50.3 Å². The number of alkyl halides is 3. The summed E-state index contributed by atoms with van der Waals surface area (Å²) in [6.07, 6.45) is -0.294. The minimum absolute atomic E-state index is 0.0278. The molecule has 0 bridgehead atoms. The topological polar surface area (TPSA) is 95.1 Å². The summed E-state index contributed by atoms with van der Waals surface area (Å²) in [6.45, 7) is 5.24. The number of piperidine rings is 1. The number of aromatic nitrogens is 4. The number of hydrogen-bond acceptors (Lipinski definition) is 8. The van der Waals surface area contributed by atoms with E-state index in [9.17, 15) is 13.2 Å². The maximum absolute atomic E-state index is 14.3. The average molecular weight is 506 g/mol. The van der Waals surface area contributed by atoms with Crippen LogP contribution in [0.25, 0.3) is 16.8 Å². The van der Waals surface area contributed by atoms with Crippen LogP contribution in [-0.2, 0) is 0 Å². The van der Waals surface area contributed by atoms with E-state index in [0.717, 1.165) is 41.1 Å². The number of likely N-dealkylation sites (tertiary alicyclic amines) is 1. The van der Waals surface area contributed by atoms with Crippen molar-refractivity contribution < 1.29 is 13.2 Å². The smallest absolute Gasteiger partial charge is 0.243 e. The SMILES string of the molecule is CCC(F)F.CN=Nc1ccc(-c2ccn3nc(NCC4CCN(C)C[C@@H]4F)nc(NC)c23)nc1C. The van der Waals surface area contributed by atoms with Crippen LogP contribution in [0.3, 0.4) is 0 Å². The first-order valence-corrected chi connectivity index (χ1v) is 12.0. The summed E-state index contributed by atoms with van der Waals surface area (Å²) < 4.78 is 37.6. The summed E-state index contributed by atoms with van der Waals surface area (Å²) in [5.41, 5.74) is 4.09. The molecule has 0 amide bonds. The van der Waals surface area contributed by atoms with Gasteiger partial charge in [-0.25, -0.2) is 17.7 Å². The summed E-state index contributed by atoms with van der Waals surface area (Å²) in [6, 6.07) is 5.78. The summed E-state index contributed by atoms with van der Waals surface area (Å²) in [7, 11) is 5.41. The Balaban J connectivity index is 0.000000658. The minimum Gasteiger partial charge on any atom is -0.371 e. The van der Waals surface area contributed by atoms with Crippen molar-refractivity contribution in [3.63, 3.8) is 0 Å². The highest BCUT2D eigenvalue weighted by molar-refractivity contribution is 5.87. The van der Waals surface area contributed by atoms with E-state index >= 15 is 0 Å². The summed E-state index contributed by atoms with van der Waals surface area (Å²) >= 11 is 0. The van der Waals surface area contributed by atoms with Gasteiger partial charge in [0.15, 0.2) is 5.82 Å². The third-order valence-electron chi connectivity index (χ3n) is 6.00. The first-order valence-electron chi connectivity index (χ1n) is 12.0. The molecule has 36 heavy (non-hydrogen) atoms. The summed E-state index contributed by atoms with van der Waals surface area (Å²) in [5, 5.41) is 18.9. The van der Waals surface area contributed by atoms with E-state index in [-0.39, 0.29) is 12.3 Å². The van der Waals surface area contributed by atoms with Gasteiger partial charge >= 0.3 is 0 Å². The fraction of sp³-hybridized carbons (Fsp3) is 0.542. The second kappa shape index (κ2) is 12.6. The number of nitrogens with zero attached hydrogens (tertiary/aromatic N) is 7. The maximum Gasteiger partial charge on any atom is 0.243 e. The lowest BCUT2D eigenvalue weighted by Gasteiger charge is -2.32. The molecule has 0 saturated carbocycles. The Morgan fingerprint density at radius 3 is 2.58 bits per heavy atom. The molecule has 0 spiro atoms. The molecule has 1 saturated heterocycles. The van der Waals surface area contributed by atoms with Gasteiger partial charge in [-0.2, -0.15) is 15.2 Å². The highest BCUT2D eigenvalue weighted by Crippen LogP contribution is 2.31. The third kappa shape index (κ3) is 6.68. The molecule has 0 aliphatic carbocycles. The van der Waals surface area contributed by atoms with E-state index in [2.05, 4.69) is 35.9 Å². The number of azo groups is 1. The van der Waals surface area contributed by atoms with Crippen LogP contribution >= 0.6 is 0 Å². The number of hydrogen-bond donors (Lipinski definition) is 2. The van der Waals surface area contributed by atoms with Gasteiger partial charge in [-0.1, -0.05) is 6.92 Å². The summed E-state index contributed by atoms with van der Waals surface area (Å²) in [5.74, 6) is 1.10. The van der Waals surface area contributed by atoms with Crippen molar-refractivity contribution in [3.05, 3.63) is 30.1 Å². The minimum atomic E-state index is -2.12. The molecule has 4 heterocycles. The summed E-state index contributed by atoms with van der Waals surface area (Å²) in [4.78, 5) is 11.3. The van der Waals surface area contributed by atoms with E-state index < -0.39 is 12.6 Å². The van der Waals surface area contributed by atoms with Crippen LogP contribution in [0.4, 0.5) is 30.6 Å². The van der Waals surface area contributed by atoms with Gasteiger partial charge in [-0.3, -0.25) is 4.98 Å². The Hall–Kier alpha value is -3.28. The van der Waals surface area contributed by atoms with E-state index in [4.69, 9.17) is 0 Å². The van der Waals surface area contributed by atoms with Gasteiger partial charge in [-0.15, -0.1) is 5.10 Å². The molecule has 9 nitrogen and oxygen atoms in total. The third-order valence-corrected chi connectivity index (χ3v) is 6.00. The molecule has 12 heteroatoms. The van der Waals surface area contributed by atoms with Crippen LogP contribution in [-0.4, -0.2) is 77.9 Å². The molecule has 1 fully saturated rings. The van der Waals surface area contributed by atoms with Gasteiger partial charge in [0.1, 0.15) is 17.4 Å². The van der Waals surface area contributed by atoms with E-state index in [1.54, 1.807) is 11.6 Å². The van der Waals surface area contributed by atoms with Crippen molar-refractivity contribution in [1.29, 1.82) is 0 Å². The quantitative estimate of drug-likeness (QED) is 0.428. The number of nitrogens with one attached hydrogen (secondary N) is 2. The Morgan fingerprint density at radius 2 is 1.97 bits per heavy atom. The number of aryl methyl sites for hydroxylation is 1. The Morgan fingerprint density at radius 1 is 1.22 bits per heavy atom. The van der Waals surface area contributed by atoms with Crippen LogP contribution in [0.1, 0.15) is 25.5 Å². The van der Waals surface area contributed by atoms with Gasteiger partial charge in [0.25, 0.3) is 0 Å². The number of anilines is 2. The molecule has 0 aromatic carbocycles. The van der Waals surface area contributed by atoms with E-state index in [1.165, 1.54) is 6.92 Å². The highest BCUT2D eigenvalue weighted by atomic mass is 19.3. The van der Waals surface area contributed by atoms with Crippen LogP contribution in [0.2, 0.25) is 0 Å². The lowest BCUT2D eigenvalue weighted by Crippen LogP contribution is -2.42. The predicted molar refractivity (Wildman–Crippen MR) is 136 cm³/mol. The van der Waals surface area contributed by atoms with Crippen LogP contribution < -0.4 is 10.6 Å². The van der Waals surface area contributed by atoms with Crippen molar-refractivity contribution >= 4 is 23.0 Å². The molecule has 0 radical (unpaired) electrons. The Kier molecular flexibility index (Phi) is 9.57. The van der Waals surface area contributed by atoms with Crippen LogP contribution in [0.15, 0.2) is 34.6 Å². The fourth-order valence-electron chi connectivity index (χ4n) is 3.96. The lowest BCUT2D eigenvalue weighted by molar-refractivity contribution is 0.109. The lowest BCUT2D eigenvalue weighted by atomic mass is 9.95. The van der Waals surface area contributed by atoms with Gasteiger partial charge in [0.2, 0.25) is 12.4 Å². The second-order valence-corrected chi connectivity index (χ2v) is 8.66. The number of fused-ring (bicyclic) bond motifs is 1.